The number of thioether (sulfide) groups is 1. The third kappa shape index (κ3) is 3.51. The highest BCUT2D eigenvalue weighted by molar-refractivity contribution is 7.99. The predicted molar refractivity (Wildman–Crippen MR) is 113 cm³/mol. The number of carbonyl (C=O) groups is 1. The second-order valence-electron chi connectivity index (χ2n) is 7.08. The number of nitrogens with zero attached hydrogens (tertiary/aromatic N) is 1. The van der Waals surface area contributed by atoms with Crippen molar-refractivity contribution in [2.75, 3.05) is 11.1 Å². The number of nitrogens with one attached hydrogen (secondary N) is 2. The van der Waals surface area contributed by atoms with Gasteiger partial charge in [0, 0.05) is 34.4 Å². The van der Waals surface area contributed by atoms with Crippen LogP contribution in [0.4, 0.5) is 5.82 Å². The highest BCUT2D eigenvalue weighted by atomic mass is 35.5. The first-order valence-electron chi connectivity index (χ1n) is 9.64. The van der Waals surface area contributed by atoms with Gasteiger partial charge in [-0.25, -0.2) is 4.98 Å². The topological polar surface area (TPSA) is 74.8 Å². The van der Waals surface area contributed by atoms with E-state index in [9.17, 15) is 9.59 Å². The van der Waals surface area contributed by atoms with E-state index in [-0.39, 0.29) is 11.3 Å². The summed E-state index contributed by atoms with van der Waals surface area (Å²) in [5.41, 5.74) is 2.56. The normalized spacial score (nSPS) is 18.5. The summed E-state index contributed by atoms with van der Waals surface area (Å²) >= 11 is 8.03. The van der Waals surface area contributed by atoms with E-state index in [4.69, 9.17) is 11.6 Å². The Balaban J connectivity index is 1.86. The molecule has 0 radical (unpaired) electrons. The number of anilines is 1. The molecule has 1 unspecified atom stereocenters. The number of hydrogen-bond donors (Lipinski definition) is 2. The predicted octanol–water partition coefficient (Wildman–Crippen LogP) is 4.88. The SMILES string of the molecule is CCCCSc1nc2c(c(=O)[nH]1)C(c1ccccc1Cl)C1=C(CCCC1=O)N2. The second-order valence-corrected chi connectivity index (χ2v) is 8.57. The maximum Gasteiger partial charge on any atom is 0.257 e. The van der Waals surface area contributed by atoms with Crippen LogP contribution in [-0.2, 0) is 4.79 Å². The van der Waals surface area contributed by atoms with Gasteiger partial charge in [-0.1, -0.05) is 54.9 Å². The first-order chi connectivity index (χ1) is 13.6. The van der Waals surface area contributed by atoms with Crippen LogP contribution in [0.15, 0.2) is 45.5 Å². The molecular formula is C21H22ClN3O2S. The van der Waals surface area contributed by atoms with Crippen LogP contribution in [0.25, 0.3) is 0 Å². The van der Waals surface area contributed by atoms with Crippen molar-refractivity contribution in [1.29, 1.82) is 0 Å². The van der Waals surface area contributed by atoms with Gasteiger partial charge in [0.25, 0.3) is 5.56 Å². The van der Waals surface area contributed by atoms with Crippen LogP contribution >= 0.6 is 23.4 Å². The largest absolute Gasteiger partial charge is 0.343 e. The Bertz CT molecular complexity index is 1010. The smallest absolute Gasteiger partial charge is 0.257 e. The fourth-order valence-electron chi connectivity index (χ4n) is 3.84. The molecule has 146 valence electrons. The van der Waals surface area contributed by atoms with Crippen molar-refractivity contribution in [3.05, 3.63) is 62.0 Å². The van der Waals surface area contributed by atoms with Crippen LogP contribution in [0.5, 0.6) is 0 Å². The summed E-state index contributed by atoms with van der Waals surface area (Å²) in [6.45, 7) is 2.13. The number of aromatic nitrogens is 2. The molecule has 2 heterocycles. The van der Waals surface area contributed by atoms with E-state index < -0.39 is 5.92 Å². The number of H-pyrrole nitrogens is 1. The van der Waals surface area contributed by atoms with Crippen molar-refractivity contribution < 1.29 is 4.79 Å². The van der Waals surface area contributed by atoms with Gasteiger partial charge in [-0.05, 0) is 30.9 Å². The van der Waals surface area contributed by atoms with E-state index in [0.29, 0.717) is 33.6 Å². The Labute approximate surface area is 173 Å². The van der Waals surface area contributed by atoms with Gasteiger partial charge in [-0.15, -0.1) is 0 Å². The molecule has 0 saturated carbocycles. The van der Waals surface area contributed by atoms with Crippen molar-refractivity contribution in [2.45, 2.75) is 50.1 Å². The minimum absolute atomic E-state index is 0.0742. The summed E-state index contributed by atoms with van der Waals surface area (Å²) in [7, 11) is 0. The number of hydrogen-bond acceptors (Lipinski definition) is 5. The fourth-order valence-corrected chi connectivity index (χ4v) is 5.03. The molecule has 0 bridgehead atoms. The highest BCUT2D eigenvalue weighted by Gasteiger charge is 2.38. The number of aromatic amines is 1. The molecule has 28 heavy (non-hydrogen) atoms. The molecular weight excluding hydrogens is 394 g/mol. The average Bonchev–Trinajstić information content (AvgIpc) is 2.67. The number of ketones is 1. The Morgan fingerprint density at radius 2 is 2.07 bits per heavy atom. The summed E-state index contributed by atoms with van der Waals surface area (Å²) in [4.78, 5) is 33.5. The Hall–Kier alpha value is -2.05. The molecule has 2 N–H and O–H groups in total. The summed E-state index contributed by atoms with van der Waals surface area (Å²) in [6, 6.07) is 7.41. The molecule has 2 aliphatic rings. The zero-order valence-corrected chi connectivity index (χ0v) is 17.3. The van der Waals surface area contributed by atoms with Crippen molar-refractivity contribution >= 4 is 35.0 Å². The van der Waals surface area contributed by atoms with E-state index in [1.54, 1.807) is 17.8 Å². The lowest BCUT2D eigenvalue weighted by atomic mass is 9.76. The zero-order chi connectivity index (χ0) is 19.7. The van der Waals surface area contributed by atoms with E-state index in [1.807, 2.05) is 18.2 Å². The summed E-state index contributed by atoms with van der Waals surface area (Å²) in [6.07, 6.45) is 4.22. The summed E-state index contributed by atoms with van der Waals surface area (Å²) in [5, 5.41) is 4.44. The van der Waals surface area contributed by atoms with Crippen molar-refractivity contribution in [3.63, 3.8) is 0 Å². The number of fused-ring (bicyclic) bond motifs is 1. The Morgan fingerprint density at radius 3 is 2.86 bits per heavy atom. The first-order valence-corrected chi connectivity index (χ1v) is 11.0. The third-order valence-electron chi connectivity index (χ3n) is 5.19. The molecule has 1 aromatic heterocycles. The van der Waals surface area contributed by atoms with Crippen LogP contribution in [-0.4, -0.2) is 21.5 Å². The minimum Gasteiger partial charge on any atom is -0.343 e. The van der Waals surface area contributed by atoms with Gasteiger partial charge in [-0.3, -0.25) is 9.59 Å². The second kappa shape index (κ2) is 8.13. The lowest BCUT2D eigenvalue weighted by molar-refractivity contribution is -0.116. The molecule has 5 nitrogen and oxygen atoms in total. The van der Waals surface area contributed by atoms with Crippen LogP contribution in [0.2, 0.25) is 5.02 Å². The van der Waals surface area contributed by atoms with Gasteiger partial charge in [0.05, 0.1) is 5.56 Å². The molecule has 2 aromatic rings. The number of carbonyl (C=O) groups excluding carboxylic acids is 1. The molecule has 0 saturated heterocycles. The molecule has 1 aromatic carbocycles. The molecule has 0 fully saturated rings. The number of Topliss-reactive ketones (excluding diaryl/α,β-unsaturated/α-hetero) is 1. The van der Waals surface area contributed by atoms with Crippen LogP contribution < -0.4 is 10.9 Å². The first kappa shape index (κ1) is 19.3. The standard InChI is InChI=1S/C21H22ClN3O2S/c1-2-3-11-28-21-24-19-18(20(27)25-21)16(12-7-4-5-8-13(12)22)17-14(23-19)9-6-10-15(17)26/h4-5,7-8,16H,2-3,6,9-11H2,1H3,(H2,23,24,25,27). The van der Waals surface area contributed by atoms with E-state index >= 15 is 0 Å². The molecule has 1 aliphatic carbocycles. The summed E-state index contributed by atoms with van der Waals surface area (Å²) in [5.74, 6) is 1.03. The van der Waals surface area contributed by atoms with Gasteiger partial charge >= 0.3 is 0 Å². The number of rotatable bonds is 5. The maximum absolute atomic E-state index is 13.1. The number of benzene rings is 1. The monoisotopic (exact) mass is 415 g/mol. The Morgan fingerprint density at radius 1 is 1.25 bits per heavy atom. The molecule has 1 aliphatic heterocycles. The summed E-state index contributed by atoms with van der Waals surface area (Å²) < 4.78 is 0. The van der Waals surface area contributed by atoms with Crippen molar-refractivity contribution in [3.8, 4) is 0 Å². The van der Waals surface area contributed by atoms with Gasteiger partial charge in [0.1, 0.15) is 5.82 Å². The van der Waals surface area contributed by atoms with Crippen LogP contribution in [0.3, 0.4) is 0 Å². The quantitative estimate of drug-likeness (QED) is 0.413. The van der Waals surface area contributed by atoms with E-state index in [2.05, 4.69) is 22.2 Å². The molecule has 7 heteroatoms. The average molecular weight is 416 g/mol. The molecule has 4 rings (SSSR count). The third-order valence-corrected chi connectivity index (χ3v) is 6.49. The molecule has 1 atom stereocenters. The highest BCUT2D eigenvalue weighted by Crippen LogP contribution is 2.45. The zero-order valence-electron chi connectivity index (χ0n) is 15.7. The lowest BCUT2D eigenvalue weighted by Gasteiger charge is -2.33. The van der Waals surface area contributed by atoms with Crippen LogP contribution in [0.1, 0.15) is 56.1 Å². The van der Waals surface area contributed by atoms with E-state index in [1.165, 1.54) is 0 Å². The Kier molecular flexibility index (Phi) is 5.60. The van der Waals surface area contributed by atoms with Gasteiger partial charge in [0.15, 0.2) is 10.9 Å². The molecule has 0 amide bonds. The van der Waals surface area contributed by atoms with Crippen LogP contribution in [0, 0.1) is 0 Å². The van der Waals surface area contributed by atoms with E-state index in [0.717, 1.165) is 42.7 Å². The minimum atomic E-state index is -0.487. The lowest BCUT2D eigenvalue weighted by Crippen LogP contribution is -2.32. The van der Waals surface area contributed by atoms with Gasteiger partial charge in [-0.2, -0.15) is 0 Å². The maximum atomic E-state index is 13.1. The van der Waals surface area contributed by atoms with Gasteiger partial charge < -0.3 is 10.3 Å². The number of allylic oxidation sites excluding steroid dienone is 2. The molecule has 0 spiro atoms. The van der Waals surface area contributed by atoms with Crippen molar-refractivity contribution in [2.24, 2.45) is 0 Å². The van der Waals surface area contributed by atoms with Crippen molar-refractivity contribution in [1.82, 2.24) is 9.97 Å². The number of unbranched alkanes of at least 4 members (excludes halogenated alkanes) is 1. The fraction of sp³-hybridized carbons (Fsp3) is 0.381. The number of halogens is 1. The van der Waals surface area contributed by atoms with Gasteiger partial charge in [0.2, 0.25) is 0 Å².